The Kier molecular flexibility index (Phi) is 8.35. The second-order valence-corrected chi connectivity index (χ2v) is 4.16. The molecule has 6 heteroatoms. The number of amides is 2. The number of carbonyl (C=O) groups excluding carboxylic acids is 2. The minimum Gasteiger partial charge on any atom is -0.354 e. The van der Waals surface area contributed by atoms with Crippen molar-refractivity contribution in [2.24, 2.45) is 5.73 Å². The number of hydrogen-bond acceptors (Lipinski definition) is 4. The fourth-order valence-corrected chi connectivity index (χ4v) is 1.32. The summed E-state index contributed by atoms with van der Waals surface area (Å²) in [5.74, 6) is -0.164. The lowest BCUT2D eigenvalue weighted by Gasteiger charge is -2.20. The van der Waals surface area contributed by atoms with Crippen LogP contribution in [0.2, 0.25) is 0 Å². The lowest BCUT2D eigenvalue weighted by molar-refractivity contribution is -0.125. The Morgan fingerprint density at radius 1 is 1.24 bits per heavy atom. The third kappa shape index (κ3) is 8.65. The van der Waals surface area contributed by atoms with Crippen molar-refractivity contribution in [3.63, 3.8) is 0 Å². The SMILES string of the molecule is CCN(CC(=O)NCCN)CC(=O)NC(C)C. The van der Waals surface area contributed by atoms with Crippen LogP contribution in [0.4, 0.5) is 0 Å². The molecule has 0 aromatic rings. The second kappa shape index (κ2) is 8.95. The summed E-state index contributed by atoms with van der Waals surface area (Å²) in [6, 6.07) is 0.118. The van der Waals surface area contributed by atoms with Gasteiger partial charge in [0, 0.05) is 19.1 Å². The van der Waals surface area contributed by atoms with Crippen molar-refractivity contribution >= 4 is 11.8 Å². The average Bonchev–Trinajstić information content (AvgIpc) is 2.24. The van der Waals surface area contributed by atoms with Crippen LogP contribution in [0.1, 0.15) is 20.8 Å². The van der Waals surface area contributed by atoms with Gasteiger partial charge in [-0.25, -0.2) is 0 Å². The molecule has 0 unspecified atom stereocenters. The van der Waals surface area contributed by atoms with Crippen molar-refractivity contribution in [3.05, 3.63) is 0 Å². The van der Waals surface area contributed by atoms with Gasteiger partial charge in [-0.05, 0) is 20.4 Å². The molecule has 2 amide bonds. The van der Waals surface area contributed by atoms with E-state index < -0.39 is 0 Å². The first kappa shape index (κ1) is 15.9. The summed E-state index contributed by atoms with van der Waals surface area (Å²) in [6.07, 6.45) is 0. The molecule has 17 heavy (non-hydrogen) atoms. The van der Waals surface area contributed by atoms with E-state index >= 15 is 0 Å². The highest BCUT2D eigenvalue weighted by atomic mass is 16.2. The van der Waals surface area contributed by atoms with E-state index in [0.717, 1.165) is 0 Å². The molecule has 0 spiro atoms. The summed E-state index contributed by atoms with van der Waals surface area (Å²) in [4.78, 5) is 24.7. The molecular formula is C11H24N4O2. The highest BCUT2D eigenvalue weighted by molar-refractivity contribution is 5.81. The fraction of sp³-hybridized carbons (Fsp3) is 0.818. The molecule has 0 aliphatic rings. The van der Waals surface area contributed by atoms with Crippen LogP contribution in [-0.2, 0) is 9.59 Å². The number of hydrogen-bond donors (Lipinski definition) is 3. The number of nitrogens with zero attached hydrogens (tertiary/aromatic N) is 1. The Morgan fingerprint density at radius 3 is 2.29 bits per heavy atom. The van der Waals surface area contributed by atoms with Crippen LogP contribution in [0, 0.1) is 0 Å². The first-order valence-electron chi connectivity index (χ1n) is 5.98. The molecule has 100 valence electrons. The van der Waals surface area contributed by atoms with Crippen molar-refractivity contribution in [2.75, 3.05) is 32.7 Å². The maximum Gasteiger partial charge on any atom is 0.234 e. The van der Waals surface area contributed by atoms with Crippen molar-refractivity contribution in [3.8, 4) is 0 Å². The van der Waals surface area contributed by atoms with Gasteiger partial charge in [0.05, 0.1) is 13.1 Å². The molecule has 0 aliphatic heterocycles. The molecule has 0 radical (unpaired) electrons. The average molecular weight is 244 g/mol. The molecular weight excluding hydrogens is 220 g/mol. The first-order valence-corrected chi connectivity index (χ1v) is 5.98. The Hall–Kier alpha value is -1.14. The molecule has 0 aromatic carbocycles. The van der Waals surface area contributed by atoms with Gasteiger partial charge >= 0.3 is 0 Å². The van der Waals surface area contributed by atoms with Gasteiger partial charge in [-0.1, -0.05) is 6.92 Å². The summed E-state index contributed by atoms with van der Waals surface area (Å²) in [5.41, 5.74) is 5.28. The molecule has 0 saturated heterocycles. The molecule has 0 rings (SSSR count). The first-order chi connectivity index (χ1) is 7.99. The van der Waals surface area contributed by atoms with Gasteiger partial charge in [0.15, 0.2) is 0 Å². The Bertz CT molecular complexity index is 244. The zero-order valence-electron chi connectivity index (χ0n) is 11.0. The van der Waals surface area contributed by atoms with E-state index in [1.165, 1.54) is 0 Å². The highest BCUT2D eigenvalue weighted by Gasteiger charge is 2.12. The van der Waals surface area contributed by atoms with Crippen LogP contribution in [0.5, 0.6) is 0 Å². The predicted octanol–water partition coefficient (Wildman–Crippen LogP) is -1.09. The van der Waals surface area contributed by atoms with E-state index in [2.05, 4.69) is 10.6 Å². The Morgan fingerprint density at radius 2 is 1.82 bits per heavy atom. The van der Waals surface area contributed by atoms with Gasteiger partial charge in [-0.15, -0.1) is 0 Å². The molecule has 0 atom stereocenters. The van der Waals surface area contributed by atoms with Gasteiger partial charge < -0.3 is 16.4 Å². The maximum atomic E-state index is 11.5. The quantitative estimate of drug-likeness (QED) is 0.506. The molecule has 6 nitrogen and oxygen atoms in total. The molecule has 4 N–H and O–H groups in total. The van der Waals surface area contributed by atoms with Gasteiger partial charge in [0.2, 0.25) is 11.8 Å². The minimum absolute atomic E-state index is 0.0616. The molecule has 0 heterocycles. The molecule has 0 bridgehead atoms. The number of carbonyl (C=O) groups is 2. The summed E-state index contributed by atoms with van der Waals surface area (Å²) in [7, 11) is 0. The zero-order valence-corrected chi connectivity index (χ0v) is 11.0. The van der Waals surface area contributed by atoms with Crippen LogP contribution in [-0.4, -0.2) is 55.5 Å². The third-order valence-corrected chi connectivity index (χ3v) is 2.10. The monoisotopic (exact) mass is 244 g/mol. The van der Waals surface area contributed by atoms with Gasteiger partial charge in [0.25, 0.3) is 0 Å². The topological polar surface area (TPSA) is 87.5 Å². The molecule has 0 aromatic heterocycles. The highest BCUT2D eigenvalue weighted by Crippen LogP contribution is 1.88. The lowest BCUT2D eigenvalue weighted by atomic mass is 10.3. The van der Waals surface area contributed by atoms with Crippen LogP contribution in [0.25, 0.3) is 0 Å². The van der Waals surface area contributed by atoms with Crippen LogP contribution < -0.4 is 16.4 Å². The van der Waals surface area contributed by atoms with Crippen LogP contribution in [0.3, 0.4) is 0 Å². The van der Waals surface area contributed by atoms with Crippen molar-refractivity contribution in [1.29, 1.82) is 0 Å². The summed E-state index contributed by atoms with van der Waals surface area (Å²) < 4.78 is 0. The van der Waals surface area contributed by atoms with Crippen molar-refractivity contribution in [1.82, 2.24) is 15.5 Å². The van der Waals surface area contributed by atoms with Crippen LogP contribution in [0.15, 0.2) is 0 Å². The molecule has 0 saturated carbocycles. The standard InChI is InChI=1S/C11H24N4O2/c1-4-15(7-10(16)13-6-5-12)8-11(17)14-9(2)3/h9H,4-8,12H2,1-3H3,(H,13,16)(H,14,17). The Balaban J connectivity index is 3.98. The largest absolute Gasteiger partial charge is 0.354 e. The molecule has 0 aliphatic carbocycles. The Labute approximate surface area is 103 Å². The summed E-state index contributed by atoms with van der Waals surface area (Å²) in [6.45, 7) is 7.73. The predicted molar refractivity (Wildman–Crippen MR) is 67.5 cm³/mol. The number of nitrogens with one attached hydrogen (secondary N) is 2. The van der Waals surface area contributed by atoms with Crippen molar-refractivity contribution < 1.29 is 9.59 Å². The molecule has 0 fully saturated rings. The van der Waals surface area contributed by atoms with E-state index in [1.54, 1.807) is 4.90 Å². The fourth-order valence-electron chi connectivity index (χ4n) is 1.32. The van der Waals surface area contributed by atoms with E-state index in [4.69, 9.17) is 5.73 Å². The normalized spacial score (nSPS) is 10.7. The zero-order chi connectivity index (χ0) is 13.3. The third-order valence-electron chi connectivity index (χ3n) is 2.10. The summed E-state index contributed by atoms with van der Waals surface area (Å²) in [5, 5.41) is 5.47. The maximum absolute atomic E-state index is 11.5. The number of rotatable bonds is 8. The minimum atomic E-state index is -0.102. The van der Waals surface area contributed by atoms with E-state index in [9.17, 15) is 9.59 Å². The summed E-state index contributed by atoms with van der Waals surface area (Å²) >= 11 is 0. The van der Waals surface area contributed by atoms with Crippen LogP contribution >= 0.6 is 0 Å². The van der Waals surface area contributed by atoms with Gasteiger partial charge in [-0.2, -0.15) is 0 Å². The van der Waals surface area contributed by atoms with Gasteiger partial charge in [0.1, 0.15) is 0 Å². The number of likely N-dealkylation sites (N-methyl/N-ethyl adjacent to an activating group) is 1. The van der Waals surface area contributed by atoms with E-state index in [0.29, 0.717) is 19.6 Å². The van der Waals surface area contributed by atoms with Gasteiger partial charge in [-0.3, -0.25) is 14.5 Å². The lowest BCUT2D eigenvalue weighted by Crippen LogP contribution is -2.44. The van der Waals surface area contributed by atoms with Crippen molar-refractivity contribution in [2.45, 2.75) is 26.8 Å². The number of nitrogens with two attached hydrogens (primary N) is 1. The second-order valence-electron chi connectivity index (χ2n) is 4.16. The smallest absolute Gasteiger partial charge is 0.234 e. The van der Waals surface area contributed by atoms with E-state index in [1.807, 2.05) is 20.8 Å². The van der Waals surface area contributed by atoms with E-state index in [-0.39, 0.29) is 30.9 Å².